The number of hydrogen-bond acceptors (Lipinski definition) is 4. The maximum Gasteiger partial charge on any atom is 0.211 e. The van der Waals surface area contributed by atoms with Crippen LogP contribution in [0, 0.1) is 0 Å². The zero-order valence-corrected chi connectivity index (χ0v) is 17.1. The van der Waals surface area contributed by atoms with Crippen molar-refractivity contribution < 1.29 is 14.3 Å². The predicted octanol–water partition coefficient (Wildman–Crippen LogP) is 4.30. The molecule has 2 aliphatic heterocycles. The number of ketones is 1. The van der Waals surface area contributed by atoms with Crippen LogP contribution < -0.4 is 0 Å². The molecule has 2 aliphatic rings. The minimum atomic E-state index is -0.0105. The number of ether oxygens (including phenoxy) is 2. The van der Waals surface area contributed by atoms with Gasteiger partial charge in [0.05, 0.1) is 32.4 Å². The monoisotopic (exact) mass is 389 g/mol. The third-order valence-electron chi connectivity index (χ3n) is 5.57. The predicted molar refractivity (Wildman–Crippen MR) is 113 cm³/mol. The summed E-state index contributed by atoms with van der Waals surface area (Å²) in [5.41, 5.74) is 5.64. The van der Waals surface area contributed by atoms with Crippen molar-refractivity contribution >= 4 is 5.78 Å². The quantitative estimate of drug-likeness (QED) is 0.764. The summed E-state index contributed by atoms with van der Waals surface area (Å²) in [5.74, 6) is 0.498. The highest BCUT2D eigenvalue weighted by Gasteiger charge is 2.33. The van der Waals surface area contributed by atoms with Crippen LogP contribution in [-0.4, -0.2) is 43.6 Å². The molecule has 0 N–H and O–H groups in total. The Hall–Kier alpha value is -2.69. The fourth-order valence-corrected chi connectivity index (χ4v) is 4.27. The molecule has 0 saturated carbocycles. The van der Waals surface area contributed by atoms with Crippen LogP contribution in [0.4, 0.5) is 0 Å². The summed E-state index contributed by atoms with van der Waals surface area (Å²) in [4.78, 5) is 15.5. The van der Waals surface area contributed by atoms with E-state index in [0.717, 1.165) is 11.1 Å². The molecule has 2 heterocycles. The number of carbonyl (C=O) groups is 1. The number of rotatable bonds is 5. The Kier molecular flexibility index (Phi) is 5.93. The first-order valence-corrected chi connectivity index (χ1v) is 10.2. The fraction of sp³-hybridized carbons (Fsp3) is 0.320. The highest BCUT2D eigenvalue weighted by atomic mass is 16.5. The molecule has 29 heavy (non-hydrogen) atoms. The minimum Gasteiger partial charge on any atom is -0.490 e. The molecule has 0 aromatic heterocycles. The van der Waals surface area contributed by atoms with Crippen molar-refractivity contribution in [2.24, 2.45) is 0 Å². The zero-order valence-electron chi connectivity index (χ0n) is 17.1. The van der Waals surface area contributed by atoms with E-state index in [1.165, 1.54) is 16.7 Å². The van der Waals surface area contributed by atoms with Gasteiger partial charge in [0.25, 0.3) is 0 Å². The third-order valence-corrected chi connectivity index (χ3v) is 5.57. The van der Waals surface area contributed by atoms with E-state index in [1.807, 2.05) is 19.1 Å². The van der Waals surface area contributed by atoms with Gasteiger partial charge in [-0.15, -0.1) is 0 Å². The molecule has 4 heteroatoms. The maximum atomic E-state index is 13.3. The molecule has 1 saturated heterocycles. The molecule has 0 spiro atoms. The van der Waals surface area contributed by atoms with E-state index in [-0.39, 0.29) is 11.8 Å². The number of hydrogen-bond donors (Lipinski definition) is 0. The minimum absolute atomic E-state index is 0.0105. The van der Waals surface area contributed by atoms with E-state index in [2.05, 4.69) is 60.4 Å². The second-order valence-corrected chi connectivity index (χ2v) is 7.54. The average molecular weight is 389 g/mol. The van der Waals surface area contributed by atoms with Gasteiger partial charge >= 0.3 is 0 Å². The van der Waals surface area contributed by atoms with E-state index in [0.29, 0.717) is 38.7 Å². The molecule has 0 radical (unpaired) electrons. The summed E-state index contributed by atoms with van der Waals surface area (Å²) in [6.07, 6.45) is 0. The van der Waals surface area contributed by atoms with Crippen LogP contribution in [0.25, 0.3) is 0 Å². The summed E-state index contributed by atoms with van der Waals surface area (Å²) in [6, 6.07) is 20.8. The molecule has 0 amide bonds. The van der Waals surface area contributed by atoms with E-state index in [1.54, 1.807) is 0 Å². The SMILES string of the molecule is CCO/C1=C2\COC\C2=C(/C)CN(C(c2ccccc2)c2ccccc2)CC1=O. The van der Waals surface area contributed by atoms with Gasteiger partial charge < -0.3 is 9.47 Å². The summed E-state index contributed by atoms with van der Waals surface area (Å²) in [7, 11) is 0. The van der Waals surface area contributed by atoms with Crippen LogP contribution in [0.15, 0.2) is 83.1 Å². The van der Waals surface area contributed by atoms with Crippen molar-refractivity contribution in [3.63, 3.8) is 0 Å². The Morgan fingerprint density at radius 3 is 2.10 bits per heavy atom. The Morgan fingerprint density at radius 1 is 0.931 bits per heavy atom. The van der Waals surface area contributed by atoms with Gasteiger partial charge in [0.1, 0.15) is 0 Å². The van der Waals surface area contributed by atoms with Crippen LogP contribution in [0.2, 0.25) is 0 Å². The number of benzene rings is 2. The first kappa shape index (κ1) is 19.6. The van der Waals surface area contributed by atoms with E-state index in [4.69, 9.17) is 9.47 Å². The van der Waals surface area contributed by atoms with Crippen LogP contribution in [-0.2, 0) is 14.3 Å². The molecule has 4 nitrogen and oxygen atoms in total. The molecule has 150 valence electrons. The van der Waals surface area contributed by atoms with Crippen LogP contribution in [0.5, 0.6) is 0 Å². The molecule has 0 atom stereocenters. The van der Waals surface area contributed by atoms with E-state index >= 15 is 0 Å². The lowest BCUT2D eigenvalue weighted by Gasteiger charge is -2.34. The zero-order chi connectivity index (χ0) is 20.2. The second kappa shape index (κ2) is 8.76. The Labute approximate surface area is 172 Å². The topological polar surface area (TPSA) is 38.8 Å². The highest BCUT2D eigenvalue weighted by molar-refractivity contribution is 5.97. The first-order valence-electron chi connectivity index (χ1n) is 10.2. The van der Waals surface area contributed by atoms with Crippen LogP contribution in [0.1, 0.15) is 31.0 Å². The molecule has 2 aromatic carbocycles. The first-order chi connectivity index (χ1) is 14.2. The normalized spacial score (nSPS) is 23.1. The van der Waals surface area contributed by atoms with Crippen molar-refractivity contribution in [3.8, 4) is 0 Å². The maximum absolute atomic E-state index is 13.3. The average Bonchev–Trinajstić information content (AvgIpc) is 3.22. The van der Waals surface area contributed by atoms with Gasteiger partial charge in [-0.3, -0.25) is 9.69 Å². The highest BCUT2D eigenvalue weighted by Crippen LogP contribution is 2.34. The summed E-state index contributed by atoms with van der Waals surface area (Å²) in [6.45, 7) is 6.54. The van der Waals surface area contributed by atoms with Crippen molar-refractivity contribution in [2.75, 3.05) is 32.9 Å². The summed E-state index contributed by atoms with van der Waals surface area (Å²) >= 11 is 0. The van der Waals surface area contributed by atoms with Crippen molar-refractivity contribution in [2.45, 2.75) is 19.9 Å². The molecular weight excluding hydrogens is 362 g/mol. The van der Waals surface area contributed by atoms with Gasteiger partial charge in [0.15, 0.2) is 5.76 Å². The van der Waals surface area contributed by atoms with E-state index < -0.39 is 0 Å². The molecule has 1 fully saturated rings. The van der Waals surface area contributed by atoms with Crippen molar-refractivity contribution in [3.05, 3.63) is 94.3 Å². The molecule has 2 aromatic rings. The molecule has 0 bridgehead atoms. The second-order valence-electron chi connectivity index (χ2n) is 7.54. The van der Waals surface area contributed by atoms with Crippen molar-refractivity contribution in [1.29, 1.82) is 0 Å². The molecule has 0 aliphatic carbocycles. The van der Waals surface area contributed by atoms with E-state index in [9.17, 15) is 4.79 Å². The number of carbonyl (C=O) groups excluding carboxylic acids is 1. The van der Waals surface area contributed by atoms with Crippen molar-refractivity contribution in [1.82, 2.24) is 4.90 Å². The lowest BCUT2D eigenvalue weighted by atomic mass is 9.93. The van der Waals surface area contributed by atoms with Gasteiger partial charge in [-0.05, 0) is 30.5 Å². The summed E-state index contributed by atoms with van der Waals surface area (Å²) in [5, 5.41) is 0. The van der Waals surface area contributed by atoms with Gasteiger partial charge in [-0.25, -0.2) is 0 Å². The lowest BCUT2D eigenvalue weighted by Crippen LogP contribution is -2.38. The largest absolute Gasteiger partial charge is 0.490 e. The smallest absolute Gasteiger partial charge is 0.211 e. The Morgan fingerprint density at radius 2 is 1.52 bits per heavy atom. The molecule has 4 rings (SSSR count). The van der Waals surface area contributed by atoms with Gasteiger partial charge in [0.2, 0.25) is 5.78 Å². The fourth-order valence-electron chi connectivity index (χ4n) is 4.27. The lowest BCUT2D eigenvalue weighted by molar-refractivity contribution is -0.120. The van der Waals surface area contributed by atoms with Crippen LogP contribution >= 0.6 is 0 Å². The molecule has 0 unspecified atom stereocenters. The van der Waals surface area contributed by atoms with Crippen LogP contribution in [0.3, 0.4) is 0 Å². The molecular formula is C25H27NO3. The number of nitrogens with zero attached hydrogens (tertiary/aromatic N) is 1. The number of fused-ring (bicyclic) bond motifs is 1. The number of Topliss-reactive ketones (excluding diaryl/α,β-unsaturated/α-hetero) is 1. The van der Waals surface area contributed by atoms with Gasteiger partial charge in [-0.2, -0.15) is 0 Å². The standard InChI is InChI=1S/C25H27NO3/c1-3-29-25-22-17-28-16-21(22)18(2)14-26(15-23(25)27)24(19-10-6-4-7-11-19)20-12-8-5-9-13-20/h4-13,24H,3,14-17H2,1-2H3/b21-18-,25-22+. The Bertz CT molecular complexity index is 892. The van der Waals surface area contributed by atoms with Gasteiger partial charge in [0, 0.05) is 12.1 Å². The summed E-state index contributed by atoms with van der Waals surface area (Å²) < 4.78 is 11.5. The third kappa shape index (κ3) is 4.04. The van der Waals surface area contributed by atoms with Gasteiger partial charge in [-0.1, -0.05) is 66.2 Å². The Balaban J connectivity index is 1.79.